The van der Waals surface area contributed by atoms with Crippen molar-refractivity contribution in [2.45, 2.75) is 104 Å². The number of allylic oxidation sites excluding steroid dienone is 4. The minimum Gasteiger partial charge on any atom is -0.508 e. The Bertz CT molecular complexity index is 3070. The summed E-state index contributed by atoms with van der Waals surface area (Å²) in [5.41, 5.74) is 1.39. The monoisotopic (exact) mass is 1240 g/mol. The normalized spacial score (nSPS) is 15.9. The molecule has 2 aliphatic rings. The molecule has 2 unspecified atom stereocenters. The summed E-state index contributed by atoms with van der Waals surface area (Å²) in [6.07, 6.45) is -1.03. The van der Waals surface area contributed by atoms with Crippen LogP contribution >= 0.6 is 34.9 Å². The van der Waals surface area contributed by atoms with Crippen LogP contribution in [0.3, 0.4) is 0 Å². The van der Waals surface area contributed by atoms with E-state index in [1.165, 1.54) is 75.8 Å². The number of carboxylic acids is 2. The minimum atomic E-state index is -1.65. The molecular formula is C57H74N8O17S3. The predicted octanol–water partition coefficient (Wildman–Crippen LogP) is 2.64. The Morgan fingerprint density at radius 3 is 2.13 bits per heavy atom. The van der Waals surface area contributed by atoms with Gasteiger partial charge in [-0.05, 0) is 82.0 Å². The standard InChI is InChI=1S/C57H74N8O17S3/c1-31(66)29-58-50(74)39(16-24-83-8)60-51(75)40(25-35-9-11-36(67)12-10-35)61-52(76)41(27-46(70)71)59-44(68)15-20-80-22-23-81-21-19-65(18-17-64(7)45(69)28-57(5,6)47-34(4)48(72)32(2)33(3)49(47)73)56(79)82-37-13-14-38-43(26-37)85-54(62-38)53-63-42(30-84-53)55(77)78/h9-14,26,39-42,56,67,79H,15-25,27-30H2,1-8H3,(H,58,74)(H,59,68)(H,60,75)(H,61,76)(H,70,71)(H,77,78)/t39-,40-,41-,42?,56?/m1/s1. The molecule has 462 valence electrons. The molecule has 85 heavy (non-hydrogen) atoms. The van der Waals surface area contributed by atoms with E-state index >= 15 is 0 Å². The zero-order valence-electron chi connectivity index (χ0n) is 48.6. The number of phenols is 1. The van der Waals surface area contributed by atoms with Gasteiger partial charge in [-0.2, -0.15) is 11.8 Å². The van der Waals surface area contributed by atoms with Gasteiger partial charge in [-0.15, -0.1) is 23.1 Å². The number of nitrogens with one attached hydrogen (secondary N) is 4. The molecule has 0 bridgehead atoms. The third kappa shape index (κ3) is 20.6. The molecule has 1 aromatic heterocycles. The number of fused-ring (bicyclic) bond motifs is 1. The third-order valence-electron chi connectivity index (χ3n) is 13.8. The average Bonchev–Trinajstić information content (AvgIpc) is 4.06. The number of aliphatic carboxylic acids is 2. The molecule has 0 saturated carbocycles. The Morgan fingerprint density at radius 2 is 1.48 bits per heavy atom. The summed E-state index contributed by atoms with van der Waals surface area (Å²) in [4.78, 5) is 141. The molecule has 0 spiro atoms. The Balaban J connectivity index is 1.17. The summed E-state index contributed by atoms with van der Waals surface area (Å²) in [7, 11) is 1.58. The number of amides is 5. The van der Waals surface area contributed by atoms with Gasteiger partial charge in [-0.1, -0.05) is 26.0 Å². The average molecular weight is 1240 g/mol. The van der Waals surface area contributed by atoms with Crippen LogP contribution in [0.4, 0.5) is 0 Å². The first-order chi connectivity index (χ1) is 40.2. The first kappa shape index (κ1) is 68.7. The largest absolute Gasteiger partial charge is 0.508 e. The maximum absolute atomic E-state index is 13.8. The van der Waals surface area contributed by atoms with E-state index in [9.17, 15) is 68.4 Å². The fourth-order valence-corrected chi connectivity index (χ4v) is 11.5. The van der Waals surface area contributed by atoms with Crippen LogP contribution < -0.4 is 26.0 Å². The van der Waals surface area contributed by atoms with Gasteiger partial charge < -0.3 is 60.8 Å². The molecule has 0 fully saturated rings. The van der Waals surface area contributed by atoms with Crippen molar-refractivity contribution < 1.29 is 82.6 Å². The quantitative estimate of drug-likeness (QED) is 0.0238. The number of likely N-dealkylation sites (N-methyl/N-ethyl adjacent to an activating group) is 1. The van der Waals surface area contributed by atoms with Gasteiger partial charge in [0.1, 0.15) is 45.5 Å². The molecule has 0 radical (unpaired) electrons. The van der Waals surface area contributed by atoms with Crippen LogP contribution in [0.2, 0.25) is 0 Å². The predicted molar refractivity (Wildman–Crippen MR) is 318 cm³/mol. The Morgan fingerprint density at radius 1 is 0.824 bits per heavy atom. The highest BCUT2D eigenvalue weighted by molar-refractivity contribution is 8.15. The lowest BCUT2D eigenvalue weighted by Crippen LogP contribution is -2.57. The van der Waals surface area contributed by atoms with Crippen molar-refractivity contribution in [2.75, 3.05) is 77.4 Å². The number of nitrogens with zero attached hydrogens (tertiary/aromatic N) is 4. The third-order valence-corrected chi connectivity index (χ3v) is 16.7. The highest BCUT2D eigenvalue weighted by atomic mass is 32.2. The van der Waals surface area contributed by atoms with E-state index in [1.54, 1.807) is 66.1 Å². The number of carbonyl (C=O) groups excluding carboxylic acids is 8. The van der Waals surface area contributed by atoms with Crippen molar-refractivity contribution in [3.05, 3.63) is 75.3 Å². The maximum Gasteiger partial charge on any atom is 0.329 e. The summed E-state index contributed by atoms with van der Waals surface area (Å²) in [5.74, 6) is -5.87. The Hall–Kier alpha value is -7.08. The van der Waals surface area contributed by atoms with Gasteiger partial charge >= 0.3 is 11.9 Å². The van der Waals surface area contributed by atoms with Crippen molar-refractivity contribution in [1.82, 2.24) is 36.1 Å². The number of hydrogen-bond donors (Lipinski definition) is 8. The molecule has 8 N–H and O–H groups in total. The molecule has 5 amide bonds. The number of ketones is 3. The molecule has 28 heteroatoms. The van der Waals surface area contributed by atoms with Gasteiger partial charge in [-0.25, -0.2) is 14.7 Å². The summed E-state index contributed by atoms with van der Waals surface area (Å²) in [5, 5.41) is 51.5. The van der Waals surface area contributed by atoms with E-state index in [-0.39, 0.29) is 124 Å². The second-order valence-corrected chi connectivity index (χ2v) is 23.9. The number of aromatic hydroxyl groups is 1. The van der Waals surface area contributed by atoms with E-state index in [2.05, 4.69) is 31.2 Å². The van der Waals surface area contributed by atoms with E-state index in [1.807, 2.05) is 0 Å². The van der Waals surface area contributed by atoms with Crippen molar-refractivity contribution in [1.29, 1.82) is 0 Å². The van der Waals surface area contributed by atoms with Crippen LogP contribution in [0.1, 0.15) is 77.8 Å². The summed E-state index contributed by atoms with van der Waals surface area (Å²) >= 11 is 3.99. The number of aliphatic hydroxyl groups excluding tert-OH is 1. The SMILES string of the molecule is CSCC[C@@H](NC(=O)[C@@H](Cc1ccc(O)cc1)NC(=O)[C@@H](CC(=O)O)NC(=O)CCOCCOCCN(CCN(C)C(=O)CC(C)(C)C1=C(C)C(=O)C(C)=C(C)C1=O)C(O)Oc1ccc2nc(C3=NC(C(=O)O)CS3)sc2c1)C(=O)NCC(C)=O. The maximum atomic E-state index is 13.8. The number of ether oxygens (including phenoxy) is 3. The van der Waals surface area contributed by atoms with Crippen molar-refractivity contribution in [3.63, 3.8) is 0 Å². The van der Waals surface area contributed by atoms with E-state index in [0.717, 1.165) is 0 Å². The lowest BCUT2D eigenvalue weighted by Gasteiger charge is -2.33. The number of Topliss-reactive ketones (excluding diaryl/α,β-unsaturated/α-hetero) is 3. The second-order valence-electron chi connectivity index (χ2n) is 20.9. The van der Waals surface area contributed by atoms with E-state index < -0.39 is 78.0 Å². The van der Waals surface area contributed by atoms with Crippen LogP contribution in [-0.4, -0.2) is 207 Å². The first-order valence-electron chi connectivity index (χ1n) is 27.2. The van der Waals surface area contributed by atoms with Crippen molar-refractivity contribution in [3.8, 4) is 11.5 Å². The van der Waals surface area contributed by atoms with Crippen LogP contribution in [0.15, 0.2) is 69.7 Å². The topological polar surface area (TPSA) is 359 Å². The number of carbonyl (C=O) groups is 10. The molecular weight excluding hydrogens is 1160 g/mol. The molecule has 0 saturated heterocycles. The van der Waals surface area contributed by atoms with Gasteiger partial charge in [0.2, 0.25) is 29.5 Å². The molecule has 5 rings (SSSR count). The number of aliphatic hydroxyl groups is 1. The highest BCUT2D eigenvalue weighted by Crippen LogP contribution is 2.39. The zero-order chi connectivity index (χ0) is 62.7. The molecule has 2 heterocycles. The van der Waals surface area contributed by atoms with Crippen molar-refractivity contribution in [2.24, 2.45) is 10.4 Å². The number of carboxylic acid groups (broad SMARTS) is 2. The minimum absolute atomic E-state index is 0.0107. The van der Waals surface area contributed by atoms with Gasteiger partial charge in [-0.3, -0.25) is 48.1 Å². The van der Waals surface area contributed by atoms with Gasteiger partial charge in [0.25, 0.3) is 6.41 Å². The first-order valence-corrected chi connectivity index (χ1v) is 30.4. The number of phenolic OH excluding ortho intramolecular Hbond substituents is 1. The van der Waals surface area contributed by atoms with E-state index in [0.29, 0.717) is 48.3 Å². The summed E-state index contributed by atoms with van der Waals surface area (Å²) < 4.78 is 18.1. The smallest absolute Gasteiger partial charge is 0.329 e. The van der Waals surface area contributed by atoms with E-state index in [4.69, 9.17) is 14.2 Å². The highest BCUT2D eigenvalue weighted by Gasteiger charge is 2.39. The van der Waals surface area contributed by atoms with Crippen LogP contribution in [-0.2, 0) is 63.8 Å². The molecule has 5 atom stereocenters. The number of benzene rings is 2. The number of aliphatic imine (C=N–C) groups is 1. The van der Waals surface area contributed by atoms with Gasteiger partial charge in [0.15, 0.2) is 17.6 Å². The molecule has 25 nitrogen and oxygen atoms in total. The summed E-state index contributed by atoms with van der Waals surface area (Å²) in [6, 6.07) is 5.72. The fraction of sp³-hybridized carbons (Fsp3) is 0.509. The Kier molecular flexibility index (Phi) is 26.2. The molecule has 1 aliphatic carbocycles. The van der Waals surface area contributed by atoms with Crippen LogP contribution in [0.5, 0.6) is 11.5 Å². The van der Waals surface area contributed by atoms with Crippen LogP contribution in [0, 0.1) is 5.41 Å². The number of thiazole rings is 1. The lowest BCUT2D eigenvalue weighted by atomic mass is 9.71. The Labute approximate surface area is 504 Å². The zero-order valence-corrected chi connectivity index (χ0v) is 51.1. The number of thioether (sulfide) groups is 2. The van der Waals surface area contributed by atoms with Gasteiger partial charge in [0.05, 0.1) is 49.6 Å². The van der Waals surface area contributed by atoms with Gasteiger partial charge in [0, 0.05) is 79.4 Å². The summed E-state index contributed by atoms with van der Waals surface area (Å²) in [6.45, 7) is 9.34. The number of aromatic nitrogens is 1. The van der Waals surface area contributed by atoms with Crippen molar-refractivity contribution >= 4 is 109 Å². The number of hydrogen-bond acceptors (Lipinski definition) is 21. The fourth-order valence-electron chi connectivity index (χ4n) is 8.91. The lowest BCUT2D eigenvalue weighted by molar-refractivity contribution is -0.146. The molecule has 3 aromatic rings. The van der Waals surface area contributed by atoms with Crippen LogP contribution in [0.25, 0.3) is 10.2 Å². The second kappa shape index (κ2) is 32.4. The molecule has 1 aliphatic heterocycles. The molecule has 2 aromatic carbocycles. The number of rotatable bonds is 35.